The number of hydrogen-bond donors (Lipinski definition) is 1. The van der Waals surface area contributed by atoms with Crippen molar-refractivity contribution < 1.29 is 24.2 Å². The number of nitrogens with zero attached hydrogens (tertiary/aromatic N) is 1. The van der Waals surface area contributed by atoms with Crippen LogP contribution in [0.5, 0.6) is 11.5 Å². The van der Waals surface area contributed by atoms with Crippen LogP contribution in [0.1, 0.15) is 42.1 Å². The van der Waals surface area contributed by atoms with E-state index in [0.717, 1.165) is 22.4 Å². The summed E-state index contributed by atoms with van der Waals surface area (Å²) in [5.74, 6) is -0.0910. The molecule has 3 aromatic rings. The number of likely N-dealkylation sites (tertiary alicyclic amines) is 1. The van der Waals surface area contributed by atoms with Crippen LogP contribution in [-0.2, 0) is 16.1 Å². The van der Waals surface area contributed by atoms with Crippen molar-refractivity contribution in [2.45, 2.75) is 33.4 Å². The lowest BCUT2D eigenvalue weighted by atomic mass is 9.94. The molecule has 1 amide bonds. The Morgan fingerprint density at radius 2 is 1.60 bits per heavy atom. The summed E-state index contributed by atoms with van der Waals surface area (Å²) in [6.07, 6.45) is 0. The molecule has 1 aliphatic rings. The second kappa shape index (κ2) is 10.5. The average Bonchev–Trinajstić information content (AvgIpc) is 3.11. The van der Waals surface area contributed by atoms with Gasteiger partial charge in [0.2, 0.25) is 0 Å². The second-order valence-electron chi connectivity index (χ2n) is 8.33. The van der Waals surface area contributed by atoms with E-state index in [1.165, 1.54) is 4.90 Å². The topological polar surface area (TPSA) is 76.1 Å². The van der Waals surface area contributed by atoms with Crippen LogP contribution >= 0.6 is 0 Å². The first-order valence-corrected chi connectivity index (χ1v) is 11.7. The van der Waals surface area contributed by atoms with Crippen molar-refractivity contribution in [1.29, 1.82) is 0 Å². The van der Waals surface area contributed by atoms with Crippen LogP contribution in [-0.4, -0.2) is 34.9 Å². The maximum absolute atomic E-state index is 13.2. The molecule has 0 aliphatic carbocycles. The molecule has 1 heterocycles. The molecule has 1 N–H and O–H groups in total. The minimum Gasteiger partial charge on any atom is -0.507 e. The largest absolute Gasteiger partial charge is 0.507 e. The fourth-order valence-corrected chi connectivity index (χ4v) is 4.35. The molecule has 0 aromatic heterocycles. The number of aliphatic hydroxyl groups excluding tert-OH is 1. The van der Waals surface area contributed by atoms with Crippen LogP contribution in [0.15, 0.2) is 78.4 Å². The summed E-state index contributed by atoms with van der Waals surface area (Å²) >= 11 is 0. The van der Waals surface area contributed by atoms with Gasteiger partial charge >= 0.3 is 0 Å². The molecule has 6 heteroatoms. The zero-order valence-corrected chi connectivity index (χ0v) is 20.2. The molecule has 0 saturated carbocycles. The van der Waals surface area contributed by atoms with Gasteiger partial charge in [0.15, 0.2) is 0 Å². The van der Waals surface area contributed by atoms with Crippen LogP contribution in [0.3, 0.4) is 0 Å². The Morgan fingerprint density at radius 1 is 0.914 bits per heavy atom. The van der Waals surface area contributed by atoms with Gasteiger partial charge < -0.3 is 19.5 Å². The molecular weight excluding hydrogens is 442 g/mol. The monoisotopic (exact) mass is 471 g/mol. The number of benzene rings is 3. The van der Waals surface area contributed by atoms with Gasteiger partial charge in [0.25, 0.3) is 11.7 Å². The van der Waals surface area contributed by atoms with E-state index in [9.17, 15) is 14.7 Å². The predicted octanol–water partition coefficient (Wildman–Crippen LogP) is 5.41. The molecule has 35 heavy (non-hydrogen) atoms. The standard InChI is InChI=1S/C29H29NO5/c1-4-34-23-14-11-20(12-15-23)18-30-26(21-9-7-6-8-10-21)25(28(32)29(30)33)27(31)22-13-16-24(35-5-2)19(3)17-22/h6-17,26,31H,4-5,18H2,1-3H3/b27-25-. The number of amides is 1. The Kier molecular flexibility index (Phi) is 7.20. The third kappa shape index (κ3) is 4.92. The molecular formula is C29H29NO5. The zero-order valence-electron chi connectivity index (χ0n) is 20.2. The summed E-state index contributed by atoms with van der Waals surface area (Å²) in [5.41, 5.74) is 2.98. The van der Waals surface area contributed by atoms with Crippen LogP contribution in [0.4, 0.5) is 0 Å². The molecule has 1 aliphatic heterocycles. The summed E-state index contributed by atoms with van der Waals surface area (Å²) in [6, 6.07) is 21.3. The van der Waals surface area contributed by atoms with Gasteiger partial charge in [0.05, 0.1) is 24.8 Å². The second-order valence-corrected chi connectivity index (χ2v) is 8.33. The van der Waals surface area contributed by atoms with Gasteiger partial charge in [-0.05, 0) is 67.8 Å². The molecule has 0 bridgehead atoms. The lowest BCUT2D eigenvalue weighted by molar-refractivity contribution is -0.140. The van der Waals surface area contributed by atoms with Gasteiger partial charge in [-0.1, -0.05) is 42.5 Å². The molecule has 6 nitrogen and oxygen atoms in total. The number of aryl methyl sites for hydroxylation is 1. The third-order valence-electron chi connectivity index (χ3n) is 5.99. The van der Waals surface area contributed by atoms with Crippen molar-refractivity contribution in [2.75, 3.05) is 13.2 Å². The molecule has 1 fully saturated rings. The minimum absolute atomic E-state index is 0.0793. The van der Waals surface area contributed by atoms with E-state index in [2.05, 4.69) is 0 Å². The summed E-state index contributed by atoms with van der Waals surface area (Å²) in [4.78, 5) is 28.0. The third-order valence-corrected chi connectivity index (χ3v) is 5.99. The zero-order chi connectivity index (χ0) is 24.9. The molecule has 0 radical (unpaired) electrons. The number of aliphatic hydroxyl groups is 1. The first-order chi connectivity index (χ1) is 16.9. The van der Waals surface area contributed by atoms with Gasteiger partial charge in [-0.2, -0.15) is 0 Å². The lowest BCUT2D eigenvalue weighted by Crippen LogP contribution is -2.29. The van der Waals surface area contributed by atoms with Gasteiger partial charge in [0, 0.05) is 12.1 Å². The number of Topliss-reactive ketones (excluding diaryl/α,β-unsaturated/α-hetero) is 1. The average molecular weight is 472 g/mol. The molecule has 1 saturated heterocycles. The summed E-state index contributed by atoms with van der Waals surface area (Å²) in [5, 5.41) is 11.3. The number of hydrogen-bond acceptors (Lipinski definition) is 5. The van der Waals surface area contributed by atoms with Gasteiger partial charge in [0.1, 0.15) is 17.3 Å². The number of carbonyl (C=O) groups is 2. The number of ether oxygens (including phenoxy) is 2. The Hall–Kier alpha value is -4.06. The van der Waals surface area contributed by atoms with Gasteiger partial charge in [-0.3, -0.25) is 9.59 Å². The SMILES string of the molecule is CCOc1ccc(CN2C(=O)C(=O)/C(=C(\O)c3ccc(OCC)c(C)c3)C2c2ccccc2)cc1. The number of ketones is 1. The Morgan fingerprint density at radius 3 is 2.23 bits per heavy atom. The van der Waals surface area contributed by atoms with E-state index in [0.29, 0.717) is 24.5 Å². The molecule has 3 aromatic carbocycles. The highest BCUT2D eigenvalue weighted by Gasteiger charge is 2.46. The van der Waals surface area contributed by atoms with Crippen LogP contribution in [0, 0.1) is 6.92 Å². The molecule has 180 valence electrons. The molecule has 0 spiro atoms. The Balaban J connectivity index is 1.77. The van der Waals surface area contributed by atoms with Crippen molar-refractivity contribution >= 4 is 17.4 Å². The van der Waals surface area contributed by atoms with E-state index in [-0.39, 0.29) is 17.9 Å². The lowest BCUT2D eigenvalue weighted by Gasteiger charge is -2.25. The fraction of sp³-hybridized carbons (Fsp3) is 0.241. The summed E-state index contributed by atoms with van der Waals surface area (Å²) < 4.78 is 11.1. The molecule has 4 rings (SSSR count). The highest BCUT2D eigenvalue weighted by atomic mass is 16.5. The van der Waals surface area contributed by atoms with E-state index >= 15 is 0 Å². The number of rotatable bonds is 8. The maximum atomic E-state index is 13.2. The van der Waals surface area contributed by atoms with E-state index in [4.69, 9.17) is 9.47 Å². The van der Waals surface area contributed by atoms with Crippen molar-refractivity contribution in [1.82, 2.24) is 4.90 Å². The summed E-state index contributed by atoms with van der Waals surface area (Å²) in [7, 11) is 0. The van der Waals surface area contributed by atoms with E-state index < -0.39 is 17.7 Å². The van der Waals surface area contributed by atoms with Crippen molar-refractivity contribution in [3.63, 3.8) is 0 Å². The van der Waals surface area contributed by atoms with E-state index in [1.54, 1.807) is 18.2 Å². The van der Waals surface area contributed by atoms with Gasteiger partial charge in [-0.15, -0.1) is 0 Å². The van der Waals surface area contributed by atoms with Crippen molar-refractivity contribution in [3.8, 4) is 11.5 Å². The molecule has 1 atom stereocenters. The number of carbonyl (C=O) groups excluding carboxylic acids is 2. The van der Waals surface area contributed by atoms with Crippen LogP contribution < -0.4 is 9.47 Å². The van der Waals surface area contributed by atoms with Crippen molar-refractivity contribution in [2.24, 2.45) is 0 Å². The van der Waals surface area contributed by atoms with Crippen LogP contribution in [0.25, 0.3) is 5.76 Å². The Bertz CT molecular complexity index is 1250. The van der Waals surface area contributed by atoms with E-state index in [1.807, 2.05) is 75.4 Å². The smallest absolute Gasteiger partial charge is 0.295 e. The quantitative estimate of drug-likeness (QED) is 0.270. The highest BCUT2D eigenvalue weighted by Crippen LogP contribution is 2.40. The fourth-order valence-electron chi connectivity index (χ4n) is 4.35. The first-order valence-electron chi connectivity index (χ1n) is 11.7. The Labute approximate surface area is 205 Å². The van der Waals surface area contributed by atoms with Crippen molar-refractivity contribution in [3.05, 3.63) is 101 Å². The predicted molar refractivity (Wildman–Crippen MR) is 134 cm³/mol. The summed E-state index contributed by atoms with van der Waals surface area (Å²) in [6.45, 7) is 7.00. The van der Waals surface area contributed by atoms with Crippen LogP contribution in [0.2, 0.25) is 0 Å². The maximum Gasteiger partial charge on any atom is 0.295 e. The molecule has 1 unspecified atom stereocenters. The normalized spacial score (nSPS) is 17.0. The highest BCUT2D eigenvalue weighted by molar-refractivity contribution is 6.46. The minimum atomic E-state index is -0.713. The van der Waals surface area contributed by atoms with Gasteiger partial charge in [-0.25, -0.2) is 0 Å². The first kappa shape index (κ1) is 24.1.